The number of hydrogen-bond donors (Lipinski definition) is 4. The van der Waals surface area contributed by atoms with E-state index in [1.54, 1.807) is 38.1 Å². The van der Waals surface area contributed by atoms with Crippen LogP contribution in [-0.4, -0.2) is 73.0 Å². The number of ether oxygens (including phenoxy) is 5. The number of amides is 2. The Morgan fingerprint density at radius 1 is 1.06 bits per heavy atom. The van der Waals surface area contributed by atoms with Gasteiger partial charge in [-0.3, -0.25) is 24.8 Å². The van der Waals surface area contributed by atoms with Crippen LogP contribution in [0.15, 0.2) is 53.3 Å². The number of aromatic nitrogens is 3. The summed E-state index contributed by atoms with van der Waals surface area (Å²) in [5.74, 6) is 3.03. The van der Waals surface area contributed by atoms with Crippen molar-refractivity contribution in [3.8, 4) is 39.9 Å². The van der Waals surface area contributed by atoms with E-state index in [0.29, 0.717) is 70.7 Å². The van der Waals surface area contributed by atoms with Gasteiger partial charge >= 0.3 is 0 Å². The summed E-state index contributed by atoms with van der Waals surface area (Å²) in [5, 5.41) is 16.0. The van der Waals surface area contributed by atoms with Gasteiger partial charge in [0.05, 0.1) is 33.1 Å². The first-order valence-electron chi connectivity index (χ1n) is 16.4. The molecule has 3 aromatic carbocycles. The highest BCUT2D eigenvalue weighted by molar-refractivity contribution is 7.98. The van der Waals surface area contributed by atoms with Gasteiger partial charge in [-0.2, -0.15) is 16.7 Å². The molecule has 0 saturated carbocycles. The lowest BCUT2D eigenvalue weighted by Gasteiger charge is -2.24. The van der Waals surface area contributed by atoms with E-state index in [-0.39, 0.29) is 29.6 Å². The number of nitrogens with one attached hydrogen (secondary N) is 4. The highest BCUT2D eigenvalue weighted by atomic mass is 32.2. The third-order valence-electron chi connectivity index (χ3n) is 8.72. The van der Waals surface area contributed by atoms with Gasteiger partial charge in [0.15, 0.2) is 34.9 Å². The van der Waals surface area contributed by atoms with Crippen molar-refractivity contribution in [3.63, 3.8) is 0 Å². The fraction of sp³-hybridized carbons (Fsp3) is 0.361. The molecule has 0 fully saturated rings. The molecule has 6 rings (SSSR count). The lowest BCUT2D eigenvalue weighted by molar-refractivity contribution is -0.120. The largest absolute Gasteiger partial charge is 0.493 e. The van der Waals surface area contributed by atoms with Crippen molar-refractivity contribution in [1.29, 1.82) is 0 Å². The average molecular weight is 717 g/mol. The minimum atomic E-state index is -0.812. The number of benzene rings is 2. The summed E-state index contributed by atoms with van der Waals surface area (Å²) in [7, 11) is 4.63. The molecule has 4 N–H and O–H groups in total. The van der Waals surface area contributed by atoms with E-state index in [1.807, 2.05) is 36.6 Å². The Hall–Kier alpha value is -5.44. The van der Waals surface area contributed by atoms with E-state index in [1.165, 1.54) is 20.1 Å². The summed E-state index contributed by atoms with van der Waals surface area (Å²) in [6.45, 7) is 1.66. The second-order valence-electron chi connectivity index (χ2n) is 12.0. The van der Waals surface area contributed by atoms with Gasteiger partial charge in [0.25, 0.3) is 0 Å². The average Bonchev–Trinajstić information content (AvgIpc) is 3.48. The van der Waals surface area contributed by atoms with E-state index < -0.39 is 24.1 Å². The van der Waals surface area contributed by atoms with Crippen molar-refractivity contribution in [3.05, 3.63) is 75.7 Å². The van der Waals surface area contributed by atoms with Crippen molar-refractivity contribution in [1.82, 2.24) is 20.5 Å². The topological polar surface area (TPSA) is 175 Å². The lowest BCUT2D eigenvalue weighted by Crippen LogP contribution is -2.36. The summed E-state index contributed by atoms with van der Waals surface area (Å²) < 4.78 is 29.0. The van der Waals surface area contributed by atoms with Crippen LogP contribution >= 0.6 is 11.8 Å². The molecule has 2 heterocycles. The Morgan fingerprint density at radius 3 is 2.57 bits per heavy atom. The van der Waals surface area contributed by atoms with Gasteiger partial charge in [-0.25, -0.2) is 0 Å². The highest BCUT2D eigenvalue weighted by Crippen LogP contribution is 2.50. The molecule has 0 bridgehead atoms. The molecule has 2 aliphatic rings. The fourth-order valence-electron chi connectivity index (χ4n) is 6.34. The zero-order valence-electron chi connectivity index (χ0n) is 29.0. The molecule has 1 aliphatic heterocycles. The van der Waals surface area contributed by atoms with Crippen molar-refractivity contribution < 1.29 is 33.3 Å². The molecule has 2 amide bonds. The first kappa shape index (κ1) is 35.4. The number of carbonyl (C=O) groups excluding carboxylic acids is 2. The van der Waals surface area contributed by atoms with Crippen molar-refractivity contribution in [2.24, 2.45) is 0 Å². The van der Waals surface area contributed by atoms with Crippen LogP contribution in [0.2, 0.25) is 0 Å². The molecule has 0 saturated heterocycles. The van der Waals surface area contributed by atoms with Gasteiger partial charge in [0.2, 0.25) is 28.9 Å². The summed E-state index contributed by atoms with van der Waals surface area (Å²) in [6, 6.07) is 12.9. The van der Waals surface area contributed by atoms with Crippen LogP contribution in [0.4, 0.5) is 11.6 Å². The molecule has 0 spiro atoms. The van der Waals surface area contributed by atoms with Crippen LogP contribution in [-0.2, 0) is 16.0 Å². The molecule has 4 aromatic rings. The van der Waals surface area contributed by atoms with E-state index in [0.717, 1.165) is 11.1 Å². The predicted molar refractivity (Wildman–Crippen MR) is 193 cm³/mol. The number of aryl methyl sites for hydroxylation is 1. The van der Waals surface area contributed by atoms with Crippen LogP contribution in [0.5, 0.6) is 28.7 Å². The van der Waals surface area contributed by atoms with Crippen molar-refractivity contribution >= 4 is 35.2 Å². The number of para-hydroxylation sites is 2. The third kappa shape index (κ3) is 7.53. The quantitative estimate of drug-likeness (QED) is 0.160. The Kier molecular flexibility index (Phi) is 10.8. The molecule has 1 aliphatic carbocycles. The number of carbonyl (C=O) groups is 2. The smallest absolute Gasteiger partial charge is 0.249 e. The first-order chi connectivity index (χ1) is 24.7. The second kappa shape index (κ2) is 15.6. The van der Waals surface area contributed by atoms with E-state index in [2.05, 4.69) is 31.1 Å². The molecule has 268 valence electrons. The molecular formula is C36H40N6O8S. The number of nitrogens with zero attached hydrogens (tertiary/aromatic N) is 2. The van der Waals surface area contributed by atoms with Crippen LogP contribution in [0, 0.1) is 0 Å². The Labute approximate surface area is 299 Å². The zero-order valence-corrected chi connectivity index (χ0v) is 29.8. The van der Waals surface area contributed by atoms with Gasteiger partial charge in [-0.05, 0) is 78.3 Å². The number of hydrogen-bond acceptors (Lipinski definition) is 12. The van der Waals surface area contributed by atoms with Gasteiger partial charge in [-0.15, -0.1) is 5.10 Å². The number of thioether (sulfide) groups is 1. The van der Waals surface area contributed by atoms with Crippen molar-refractivity contribution in [2.75, 3.05) is 50.6 Å². The summed E-state index contributed by atoms with van der Waals surface area (Å²) in [4.78, 5) is 44.4. The van der Waals surface area contributed by atoms with Crippen LogP contribution in [0.25, 0.3) is 11.1 Å². The summed E-state index contributed by atoms with van der Waals surface area (Å²) >= 11 is 1.57. The normalized spacial score (nSPS) is 16.4. The predicted octanol–water partition coefficient (Wildman–Crippen LogP) is 4.67. The monoisotopic (exact) mass is 716 g/mol. The molecule has 15 heteroatoms. The maximum atomic E-state index is 13.9. The minimum Gasteiger partial charge on any atom is -0.493 e. The first-order valence-corrected chi connectivity index (χ1v) is 17.8. The maximum absolute atomic E-state index is 13.9. The minimum absolute atomic E-state index is 0.0623. The molecule has 1 unspecified atom stereocenters. The molecule has 1 aromatic heterocycles. The van der Waals surface area contributed by atoms with Crippen LogP contribution in [0.3, 0.4) is 0 Å². The number of aromatic amines is 1. The Morgan fingerprint density at radius 2 is 1.84 bits per heavy atom. The molecular weight excluding hydrogens is 676 g/mol. The molecule has 3 atom stereocenters. The number of fused-ring (bicyclic) bond motifs is 4. The molecule has 0 radical (unpaired) electrons. The van der Waals surface area contributed by atoms with Crippen LogP contribution in [0.1, 0.15) is 48.9 Å². The van der Waals surface area contributed by atoms with E-state index in [9.17, 15) is 14.4 Å². The Balaban J connectivity index is 1.31. The van der Waals surface area contributed by atoms with Gasteiger partial charge in [-0.1, -0.05) is 18.2 Å². The summed E-state index contributed by atoms with van der Waals surface area (Å²) in [5.41, 5.74) is 2.78. The van der Waals surface area contributed by atoms with Crippen molar-refractivity contribution in [2.45, 2.75) is 44.4 Å². The maximum Gasteiger partial charge on any atom is 0.249 e. The number of H-pyrrole nitrogens is 1. The van der Waals surface area contributed by atoms with Crippen LogP contribution < -0.4 is 45.1 Å². The Bertz CT molecular complexity index is 1990. The second-order valence-corrected chi connectivity index (χ2v) is 13.0. The third-order valence-corrected chi connectivity index (χ3v) is 9.37. The van der Waals surface area contributed by atoms with E-state index >= 15 is 0 Å². The fourth-order valence-corrected chi connectivity index (χ4v) is 6.82. The molecule has 51 heavy (non-hydrogen) atoms. The lowest BCUT2D eigenvalue weighted by atomic mass is 9.95. The number of rotatable bonds is 12. The van der Waals surface area contributed by atoms with E-state index in [4.69, 9.17) is 23.7 Å². The standard InChI is InChI=1S/C36H40N6O8S/c1-19(43)37-23-12-10-20-16-29(46-2)32(47-3)33(48-4)31(20)21-11-13-24(26(44)17-22(21)23)38-25(14-15-51-5)35(45)40-36-39-34(41-42-36)30-18-49-27-8-6-7-9-28(27)50-30/h6-9,11,13,16-17,23,25,30H,10,12,14-15,18H2,1-5H3,(H,37,43)(H,38,44)(H2,39,40,41,42,45)/t23-,25-,30?/m0/s1. The van der Waals surface area contributed by atoms with Gasteiger partial charge in [0, 0.05) is 12.5 Å². The highest BCUT2D eigenvalue weighted by Gasteiger charge is 2.31. The SMILES string of the molecule is COc1cc2c(c(OC)c1OC)-c1ccc(N[C@@H](CCSC)C(=O)Nc3n[nH]c(C4COc5ccccc5O4)n3)c(=O)cc1[C@@H](NC(C)=O)CC2. The molecule has 14 nitrogen and oxygen atoms in total. The number of methoxy groups -OCH3 is 3. The van der Waals surface area contributed by atoms with Gasteiger partial charge in [0.1, 0.15) is 12.6 Å². The van der Waals surface area contributed by atoms with Gasteiger partial charge < -0.3 is 34.3 Å². The zero-order chi connectivity index (χ0) is 36.1. The number of anilines is 2. The summed E-state index contributed by atoms with van der Waals surface area (Å²) in [6.07, 6.45) is 2.89.